The maximum absolute atomic E-state index is 10.7. The summed E-state index contributed by atoms with van der Waals surface area (Å²) in [7, 11) is 0. The molecule has 0 saturated heterocycles. The summed E-state index contributed by atoms with van der Waals surface area (Å²) in [6, 6.07) is 0. The Morgan fingerprint density at radius 1 is 0.737 bits per heavy atom. The predicted molar refractivity (Wildman–Crippen MR) is 75.0 cm³/mol. The number of carboxylic acids is 1. The van der Waals surface area contributed by atoms with Gasteiger partial charge in [0.25, 0.3) is 0 Å². The molecule has 0 atom stereocenters. The second kappa shape index (κ2) is 13.7. The zero-order valence-corrected chi connectivity index (χ0v) is 12.3. The highest BCUT2D eigenvalue weighted by atomic mass is 35.5. The molecule has 0 aliphatic carbocycles. The molecule has 0 heterocycles. The molecule has 0 aliphatic heterocycles. The van der Waals surface area contributed by atoms with E-state index in [2.05, 4.69) is 4.29 Å². The lowest BCUT2D eigenvalue weighted by Crippen LogP contribution is -1.95. The minimum atomic E-state index is -0.696. The van der Waals surface area contributed by atoms with Crippen molar-refractivity contribution in [2.75, 3.05) is 0 Å². The van der Waals surface area contributed by atoms with Crippen molar-refractivity contribution in [1.29, 1.82) is 0 Å². The fourth-order valence-corrected chi connectivity index (χ4v) is 2.08. The highest BCUT2D eigenvalue weighted by Gasteiger charge is 2.00. The van der Waals surface area contributed by atoms with Crippen LogP contribution in [0, 0.1) is 0 Å². The maximum atomic E-state index is 10.7. The van der Waals surface area contributed by atoms with Gasteiger partial charge in [-0.25, -0.2) is 0 Å². The summed E-state index contributed by atoms with van der Waals surface area (Å²) in [5.74, 6) is -1.04. The predicted octanol–water partition coefficient (Wildman–Crippen LogP) is 4.45. The number of hydrogen-bond donors (Lipinski definition) is 1. The molecule has 19 heavy (non-hydrogen) atoms. The molecular formula is C14H25ClO4. The summed E-state index contributed by atoms with van der Waals surface area (Å²) in [5.41, 5.74) is 0. The van der Waals surface area contributed by atoms with Crippen LogP contribution in [0.25, 0.3) is 0 Å². The van der Waals surface area contributed by atoms with E-state index < -0.39 is 5.97 Å². The summed E-state index contributed by atoms with van der Waals surface area (Å²) in [6.07, 6.45) is 11.5. The Kier molecular flexibility index (Phi) is 13.1. The van der Waals surface area contributed by atoms with Gasteiger partial charge in [0.15, 0.2) is 0 Å². The van der Waals surface area contributed by atoms with E-state index in [4.69, 9.17) is 17.0 Å². The number of carbonyl (C=O) groups is 2. The Balaban J connectivity index is 3.03. The summed E-state index contributed by atoms with van der Waals surface area (Å²) in [6.45, 7) is 0. The third-order valence-electron chi connectivity index (χ3n) is 3.11. The van der Waals surface area contributed by atoms with E-state index in [0.717, 1.165) is 38.5 Å². The van der Waals surface area contributed by atoms with E-state index in [0.29, 0.717) is 12.8 Å². The minimum absolute atomic E-state index is 0.296. The molecule has 0 radical (unpaired) electrons. The molecule has 0 saturated carbocycles. The minimum Gasteiger partial charge on any atom is -0.481 e. The van der Waals surface area contributed by atoms with E-state index in [1.165, 1.54) is 25.7 Å². The third kappa shape index (κ3) is 15.2. The first kappa shape index (κ1) is 18.2. The van der Waals surface area contributed by atoms with Crippen LogP contribution in [-0.2, 0) is 13.9 Å². The molecule has 0 aromatic carbocycles. The fourth-order valence-electron chi connectivity index (χ4n) is 2.00. The van der Waals surface area contributed by atoms with Crippen molar-refractivity contribution in [1.82, 2.24) is 0 Å². The van der Waals surface area contributed by atoms with Gasteiger partial charge in [-0.1, -0.05) is 51.4 Å². The number of carboxylic acid groups (broad SMARTS) is 1. The van der Waals surface area contributed by atoms with Crippen LogP contribution < -0.4 is 0 Å². The van der Waals surface area contributed by atoms with Crippen LogP contribution in [0.2, 0.25) is 0 Å². The van der Waals surface area contributed by atoms with E-state index in [-0.39, 0.29) is 5.97 Å². The summed E-state index contributed by atoms with van der Waals surface area (Å²) < 4.78 is 4.05. The number of carbonyl (C=O) groups excluding carboxylic acids is 1. The molecule has 0 rings (SSSR count). The van der Waals surface area contributed by atoms with Gasteiger partial charge in [-0.15, -0.1) is 0 Å². The first-order valence-corrected chi connectivity index (χ1v) is 7.51. The third-order valence-corrected chi connectivity index (χ3v) is 3.28. The zero-order valence-electron chi connectivity index (χ0n) is 11.5. The Bertz CT molecular complexity index is 244. The highest BCUT2D eigenvalue weighted by Crippen LogP contribution is 2.12. The SMILES string of the molecule is O=C(O)CCCCCCCCCCCCC(=O)OCl. The Morgan fingerprint density at radius 2 is 1.11 bits per heavy atom. The molecule has 0 aromatic heterocycles. The van der Waals surface area contributed by atoms with Crippen LogP contribution in [0.5, 0.6) is 0 Å². The average Bonchev–Trinajstić information content (AvgIpc) is 2.39. The van der Waals surface area contributed by atoms with Gasteiger partial charge in [0.1, 0.15) is 11.9 Å². The number of halogens is 1. The van der Waals surface area contributed by atoms with E-state index in [1.807, 2.05) is 0 Å². The van der Waals surface area contributed by atoms with Crippen molar-refractivity contribution in [3.63, 3.8) is 0 Å². The number of rotatable bonds is 13. The zero-order chi connectivity index (χ0) is 14.3. The second-order valence-electron chi connectivity index (χ2n) is 4.88. The molecule has 5 heteroatoms. The molecule has 0 aliphatic rings. The van der Waals surface area contributed by atoms with Gasteiger partial charge in [-0.2, -0.15) is 0 Å². The van der Waals surface area contributed by atoms with Gasteiger partial charge in [-0.3, -0.25) is 9.59 Å². The van der Waals surface area contributed by atoms with Crippen molar-refractivity contribution in [2.24, 2.45) is 0 Å². The average molecular weight is 293 g/mol. The molecule has 1 N–H and O–H groups in total. The number of unbranched alkanes of at least 4 members (excludes halogenated alkanes) is 9. The fraction of sp³-hybridized carbons (Fsp3) is 0.857. The first-order chi connectivity index (χ1) is 9.16. The van der Waals surface area contributed by atoms with Crippen LogP contribution in [0.1, 0.15) is 77.0 Å². The molecule has 0 aromatic rings. The van der Waals surface area contributed by atoms with Crippen LogP contribution in [-0.4, -0.2) is 17.0 Å². The van der Waals surface area contributed by atoms with Crippen LogP contribution in [0.15, 0.2) is 0 Å². The van der Waals surface area contributed by atoms with Gasteiger partial charge in [-0.05, 0) is 12.8 Å². The van der Waals surface area contributed by atoms with E-state index in [1.54, 1.807) is 0 Å². The summed E-state index contributed by atoms with van der Waals surface area (Å²) in [4.78, 5) is 21.0. The van der Waals surface area contributed by atoms with Crippen LogP contribution >= 0.6 is 11.9 Å². The lowest BCUT2D eigenvalue weighted by molar-refractivity contribution is -0.137. The monoisotopic (exact) mass is 292 g/mol. The number of hydrogen-bond acceptors (Lipinski definition) is 3. The molecule has 4 nitrogen and oxygen atoms in total. The normalized spacial score (nSPS) is 10.4. The largest absolute Gasteiger partial charge is 0.481 e. The van der Waals surface area contributed by atoms with E-state index in [9.17, 15) is 9.59 Å². The van der Waals surface area contributed by atoms with Crippen molar-refractivity contribution < 1.29 is 19.0 Å². The van der Waals surface area contributed by atoms with Crippen molar-refractivity contribution in [2.45, 2.75) is 77.0 Å². The molecule has 0 fully saturated rings. The van der Waals surface area contributed by atoms with Crippen LogP contribution in [0.3, 0.4) is 0 Å². The molecule has 0 bridgehead atoms. The molecule has 112 valence electrons. The van der Waals surface area contributed by atoms with Gasteiger partial charge >= 0.3 is 11.9 Å². The second-order valence-corrected chi connectivity index (χ2v) is 5.03. The quantitative estimate of drug-likeness (QED) is 0.509. The lowest BCUT2D eigenvalue weighted by atomic mass is 10.1. The van der Waals surface area contributed by atoms with Crippen molar-refractivity contribution in [3.05, 3.63) is 0 Å². The topological polar surface area (TPSA) is 63.6 Å². The van der Waals surface area contributed by atoms with Gasteiger partial charge < -0.3 is 9.40 Å². The molecule has 0 amide bonds. The highest BCUT2D eigenvalue weighted by molar-refractivity contribution is 6.13. The molecule has 0 unspecified atom stereocenters. The van der Waals surface area contributed by atoms with Crippen molar-refractivity contribution in [3.8, 4) is 0 Å². The molecular weight excluding hydrogens is 268 g/mol. The van der Waals surface area contributed by atoms with Crippen LogP contribution in [0.4, 0.5) is 0 Å². The smallest absolute Gasteiger partial charge is 0.324 e. The molecule has 0 spiro atoms. The first-order valence-electron chi connectivity index (χ1n) is 7.20. The Labute approximate surface area is 120 Å². The van der Waals surface area contributed by atoms with Crippen molar-refractivity contribution >= 4 is 23.8 Å². The number of aliphatic carboxylic acids is 1. The van der Waals surface area contributed by atoms with Gasteiger partial charge in [0.2, 0.25) is 0 Å². The summed E-state index contributed by atoms with van der Waals surface area (Å²) >= 11 is 4.92. The Morgan fingerprint density at radius 3 is 1.47 bits per heavy atom. The van der Waals surface area contributed by atoms with Gasteiger partial charge in [0, 0.05) is 12.8 Å². The standard InChI is InChI=1S/C14H25ClO4/c15-19-14(18)12-10-8-6-4-2-1-3-5-7-9-11-13(16)17/h1-12H2,(H,16,17). The van der Waals surface area contributed by atoms with E-state index >= 15 is 0 Å². The van der Waals surface area contributed by atoms with Gasteiger partial charge in [0.05, 0.1) is 0 Å². The lowest BCUT2D eigenvalue weighted by Gasteiger charge is -2.02. The maximum Gasteiger partial charge on any atom is 0.324 e. The Hall–Kier alpha value is -0.770. The summed E-state index contributed by atoms with van der Waals surface area (Å²) in [5, 5.41) is 8.47.